The average Bonchev–Trinajstić information content (AvgIpc) is 2.76. The monoisotopic (exact) mass is 416 g/mol. The van der Waals surface area contributed by atoms with Crippen molar-refractivity contribution in [1.82, 2.24) is 0 Å². The van der Waals surface area contributed by atoms with Gasteiger partial charge in [0.05, 0.1) is 0 Å². The Morgan fingerprint density at radius 1 is 0.571 bits per heavy atom. The minimum atomic E-state index is -0.260. The van der Waals surface area contributed by atoms with Crippen molar-refractivity contribution < 1.29 is 40.1 Å². The molecule has 1 saturated carbocycles. The number of benzene rings is 2. The predicted molar refractivity (Wildman–Crippen MR) is 91.2 cm³/mol. The molecule has 1 aliphatic carbocycles. The van der Waals surface area contributed by atoms with E-state index in [-0.39, 0.29) is 34.9 Å². The fourth-order valence-electron chi connectivity index (χ4n) is 2.53. The van der Waals surface area contributed by atoms with Crippen molar-refractivity contribution in [2.45, 2.75) is 5.92 Å². The van der Waals surface area contributed by atoms with E-state index in [4.69, 9.17) is 14.0 Å². The summed E-state index contributed by atoms with van der Waals surface area (Å²) in [4.78, 5) is 0. The first-order chi connectivity index (χ1) is 13.2. The van der Waals surface area contributed by atoms with Gasteiger partial charge in [-0.2, -0.15) is 0 Å². The third-order valence-corrected chi connectivity index (χ3v) is 3.54. The average molecular weight is 416 g/mol. The summed E-state index contributed by atoms with van der Waals surface area (Å²) in [5, 5.41) is 0. The number of halogens is 2. The summed E-state index contributed by atoms with van der Waals surface area (Å²) in [7, 11) is 0. The summed E-state index contributed by atoms with van der Waals surface area (Å²) in [6.45, 7) is 13.5. The van der Waals surface area contributed by atoms with Gasteiger partial charge in [-0.25, -0.2) is 8.78 Å². The van der Waals surface area contributed by atoms with Crippen LogP contribution in [0.1, 0.15) is 17.0 Å². The molecule has 140 valence electrons. The third-order valence-electron chi connectivity index (χ3n) is 3.54. The molecule has 3 nitrogen and oxygen atoms in total. The maximum absolute atomic E-state index is 13.2. The van der Waals surface area contributed by atoms with E-state index in [0.29, 0.717) is 0 Å². The molecule has 0 atom stereocenters. The summed E-state index contributed by atoms with van der Waals surface area (Å²) >= 11 is 0. The standard InChI is InChI=1S/C19H14F2.3CO.Cr/c20-17-10-6-15(7-11-17)19(14-4-2-1-3-5-14)16-8-12-18(21)13-9-16;3*1-2;/h1-13,19H;;;;. The first-order valence-corrected chi connectivity index (χ1v) is 7.41. The molecule has 0 unspecified atom stereocenters. The molecular formula is C22H14CrF2O3. The van der Waals surface area contributed by atoms with Gasteiger partial charge in [0.2, 0.25) is 0 Å². The molecule has 0 amide bonds. The van der Waals surface area contributed by atoms with Gasteiger partial charge < -0.3 is 0 Å². The molecule has 1 fully saturated rings. The zero-order valence-corrected chi connectivity index (χ0v) is 15.7. The van der Waals surface area contributed by atoms with E-state index < -0.39 is 0 Å². The van der Waals surface area contributed by atoms with E-state index in [0.717, 1.165) is 17.0 Å². The molecule has 2 aromatic carbocycles. The van der Waals surface area contributed by atoms with E-state index >= 15 is 0 Å². The molecule has 0 spiro atoms. The van der Waals surface area contributed by atoms with Crippen LogP contribution < -0.4 is 0 Å². The normalized spacial score (nSPS) is 12.5. The van der Waals surface area contributed by atoms with E-state index in [1.807, 2.05) is 32.1 Å². The molecule has 0 saturated heterocycles. The van der Waals surface area contributed by atoms with E-state index in [1.54, 1.807) is 24.3 Å². The molecule has 3 rings (SSSR count). The smallest absolute Gasteiger partial charge is 0 e. The Hall–Kier alpha value is -1.95. The number of rotatable bonds is 3. The molecule has 0 aliphatic heterocycles. The zero-order chi connectivity index (χ0) is 20.7. The summed E-state index contributed by atoms with van der Waals surface area (Å²) in [6.07, 6.45) is 9.94. The third kappa shape index (κ3) is 8.83. The second-order valence-corrected chi connectivity index (χ2v) is 4.95. The maximum atomic E-state index is 13.2. The van der Waals surface area contributed by atoms with Gasteiger partial charge in [0, 0.05) is 23.3 Å². The van der Waals surface area contributed by atoms with Crippen molar-refractivity contribution in [1.29, 1.82) is 0 Å². The minimum absolute atomic E-state index is 0. The first kappa shape index (κ1) is 28.3. The van der Waals surface area contributed by atoms with Crippen molar-refractivity contribution in [2.75, 3.05) is 0 Å². The summed E-state index contributed by atoms with van der Waals surface area (Å²) < 4.78 is 48.8. The molecular weight excluding hydrogens is 402 g/mol. The van der Waals surface area contributed by atoms with E-state index in [2.05, 4.69) is 20.0 Å². The predicted octanol–water partition coefficient (Wildman–Crippen LogP) is 4.59. The van der Waals surface area contributed by atoms with Gasteiger partial charge >= 0.3 is 33.9 Å². The molecule has 0 aromatic heterocycles. The Morgan fingerprint density at radius 2 is 0.893 bits per heavy atom. The van der Waals surface area contributed by atoms with Gasteiger partial charge in [-0.05, 0) is 73.4 Å². The van der Waals surface area contributed by atoms with Crippen LogP contribution in [0.3, 0.4) is 0 Å². The Morgan fingerprint density at radius 3 is 1.21 bits per heavy atom. The SMILES string of the molecule is Fc1ccc(C([C]2[CH][CH][CH][CH][CH]2)c2ccc(F)cc2)cc1.[C-]#[O+].[C-]#[O+].[C-]#[O+].[Cr]. The van der Waals surface area contributed by atoms with Crippen LogP contribution in [0, 0.1) is 69.6 Å². The van der Waals surface area contributed by atoms with Gasteiger partial charge in [-0.1, -0.05) is 24.3 Å². The summed E-state index contributed by atoms with van der Waals surface area (Å²) in [6, 6.07) is 12.9. The summed E-state index contributed by atoms with van der Waals surface area (Å²) in [5.74, 6) is 0.539. The van der Waals surface area contributed by atoms with Crippen molar-refractivity contribution in [3.8, 4) is 0 Å². The van der Waals surface area contributed by atoms with Crippen molar-refractivity contribution >= 4 is 0 Å². The largest absolute Gasteiger partial charge is 0 e. The molecule has 1 aliphatic rings. The summed E-state index contributed by atoms with van der Waals surface area (Å²) in [5.41, 5.74) is 1.96. The van der Waals surface area contributed by atoms with Crippen LogP contribution in [0.25, 0.3) is 0 Å². The molecule has 0 N–H and O–H groups in total. The van der Waals surface area contributed by atoms with Gasteiger partial charge in [0.25, 0.3) is 0 Å². The zero-order valence-electron chi connectivity index (χ0n) is 14.5. The topological polar surface area (TPSA) is 59.7 Å². The fraction of sp³-hybridized carbons (Fsp3) is 0.0455. The van der Waals surface area contributed by atoms with Gasteiger partial charge in [-0.15, -0.1) is 0 Å². The van der Waals surface area contributed by atoms with Crippen LogP contribution in [0.5, 0.6) is 0 Å². The van der Waals surface area contributed by atoms with Crippen LogP contribution in [0.4, 0.5) is 8.78 Å². The Labute approximate surface area is 175 Å². The Balaban J connectivity index is 0. The van der Waals surface area contributed by atoms with Crippen molar-refractivity contribution in [3.05, 3.63) is 129 Å². The van der Waals surface area contributed by atoms with Crippen molar-refractivity contribution in [2.24, 2.45) is 0 Å². The van der Waals surface area contributed by atoms with Crippen LogP contribution in [0.2, 0.25) is 0 Å². The molecule has 2 aromatic rings. The molecule has 6 radical (unpaired) electrons. The van der Waals surface area contributed by atoms with E-state index in [1.165, 1.54) is 24.3 Å². The van der Waals surface area contributed by atoms with Crippen molar-refractivity contribution in [3.63, 3.8) is 0 Å². The second-order valence-electron chi connectivity index (χ2n) is 4.95. The van der Waals surface area contributed by atoms with Crippen LogP contribution >= 0.6 is 0 Å². The first-order valence-electron chi connectivity index (χ1n) is 7.41. The molecule has 0 bridgehead atoms. The number of hydrogen-bond acceptors (Lipinski definition) is 0. The molecule has 6 heteroatoms. The van der Waals surface area contributed by atoms with Crippen LogP contribution in [0.15, 0.2) is 48.5 Å². The van der Waals surface area contributed by atoms with Gasteiger partial charge in [0.15, 0.2) is 0 Å². The second kappa shape index (κ2) is 17.2. The minimum Gasteiger partial charge on any atom is 0 e. The Bertz CT molecular complexity index is 644. The van der Waals surface area contributed by atoms with Crippen LogP contribution in [-0.2, 0) is 31.3 Å². The van der Waals surface area contributed by atoms with E-state index in [9.17, 15) is 8.78 Å². The van der Waals surface area contributed by atoms with Crippen LogP contribution in [-0.4, -0.2) is 0 Å². The number of hydrogen-bond donors (Lipinski definition) is 0. The fourth-order valence-corrected chi connectivity index (χ4v) is 2.53. The molecule has 0 heterocycles. The van der Waals surface area contributed by atoms with Gasteiger partial charge in [-0.3, -0.25) is 0 Å². The molecule has 28 heavy (non-hydrogen) atoms. The quantitative estimate of drug-likeness (QED) is 0.519. The Kier molecular flexibility index (Phi) is 17.3. The maximum Gasteiger partial charge on any atom is 0 e. The van der Waals surface area contributed by atoms with Gasteiger partial charge in [0.1, 0.15) is 11.6 Å².